The number of hydrogen-bond acceptors (Lipinski definition) is 3. The molecule has 4 nitrogen and oxygen atoms in total. The summed E-state index contributed by atoms with van der Waals surface area (Å²) in [6, 6.07) is 16.4. The molecule has 2 aromatic carbocycles. The Balaban J connectivity index is 0.00000312. The number of carbonyl (C=O) groups is 1. The topological polar surface area (TPSA) is 64.4 Å². The van der Waals surface area contributed by atoms with Crippen LogP contribution in [0.25, 0.3) is 0 Å². The van der Waals surface area contributed by atoms with E-state index in [0.29, 0.717) is 11.6 Å². The molecule has 6 heteroatoms. The van der Waals surface area contributed by atoms with Crippen molar-refractivity contribution in [3.05, 3.63) is 65.2 Å². The van der Waals surface area contributed by atoms with Crippen molar-refractivity contribution in [2.75, 3.05) is 6.54 Å². The summed E-state index contributed by atoms with van der Waals surface area (Å²) >= 11 is 5.84. The van der Waals surface area contributed by atoms with Crippen molar-refractivity contribution < 1.29 is 9.53 Å². The molecule has 136 valence electrons. The minimum absolute atomic E-state index is 0. The van der Waals surface area contributed by atoms with E-state index in [-0.39, 0.29) is 36.4 Å². The van der Waals surface area contributed by atoms with Gasteiger partial charge in [-0.15, -0.1) is 12.4 Å². The highest BCUT2D eigenvalue weighted by atomic mass is 35.5. The van der Waals surface area contributed by atoms with E-state index in [1.54, 1.807) is 24.3 Å². The van der Waals surface area contributed by atoms with Crippen LogP contribution in [0.1, 0.15) is 25.5 Å². The van der Waals surface area contributed by atoms with E-state index in [1.165, 1.54) is 0 Å². The zero-order valence-electron chi connectivity index (χ0n) is 14.3. The Morgan fingerprint density at radius 1 is 1.12 bits per heavy atom. The Morgan fingerprint density at radius 2 is 1.72 bits per heavy atom. The van der Waals surface area contributed by atoms with E-state index >= 15 is 0 Å². The summed E-state index contributed by atoms with van der Waals surface area (Å²) in [6.07, 6.45) is -0.157. The molecular formula is C19H24Cl2N2O2. The molecule has 0 aliphatic rings. The third kappa shape index (κ3) is 6.58. The van der Waals surface area contributed by atoms with Gasteiger partial charge in [0.1, 0.15) is 11.9 Å². The number of halogens is 2. The summed E-state index contributed by atoms with van der Waals surface area (Å²) in [5.41, 5.74) is 7.13. The highest BCUT2D eigenvalue weighted by molar-refractivity contribution is 6.30. The maximum absolute atomic E-state index is 12.3. The van der Waals surface area contributed by atoms with Gasteiger partial charge in [-0.25, -0.2) is 0 Å². The lowest BCUT2D eigenvalue weighted by molar-refractivity contribution is -0.125. The Morgan fingerprint density at radius 3 is 2.32 bits per heavy atom. The predicted octanol–water partition coefficient (Wildman–Crippen LogP) is 3.98. The van der Waals surface area contributed by atoms with Crippen molar-refractivity contribution in [1.29, 1.82) is 0 Å². The molecule has 0 saturated heterocycles. The van der Waals surface area contributed by atoms with Crippen LogP contribution in [0.2, 0.25) is 5.02 Å². The number of hydrogen-bond donors (Lipinski definition) is 2. The normalized spacial score (nSPS) is 13.9. The van der Waals surface area contributed by atoms with Crippen LogP contribution in [0.15, 0.2) is 54.6 Å². The third-order valence-corrected chi connectivity index (χ3v) is 4.10. The summed E-state index contributed by atoms with van der Waals surface area (Å²) in [5, 5.41) is 3.55. The van der Waals surface area contributed by atoms with Crippen LogP contribution in [-0.4, -0.2) is 18.6 Å². The molecule has 0 radical (unpaired) electrons. The first-order valence-electron chi connectivity index (χ1n) is 7.98. The van der Waals surface area contributed by atoms with Gasteiger partial charge in [0.2, 0.25) is 5.91 Å². The van der Waals surface area contributed by atoms with Gasteiger partial charge in [-0.2, -0.15) is 0 Å². The molecule has 2 rings (SSSR count). The van der Waals surface area contributed by atoms with E-state index in [0.717, 1.165) is 11.3 Å². The Labute approximate surface area is 160 Å². The highest BCUT2D eigenvalue weighted by Gasteiger charge is 2.22. The number of carbonyl (C=O) groups excluding carboxylic acids is 1. The van der Waals surface area contributed by atoms with Gasteiger partial charge in [0.25, 0.3) is 0 Å². The molecule has 3 atom stereocenters. The van der Waals surface area contributed by atoms with Crippen molar-refractivity contribution in [1.82, 2.24) is 5.32 Å². The van der Waals surface area contributed by atoms with Crippen molar-refractivity contribution in [2.45, 2.75) is 26.0 Å². The van der Waals surface area contributed by atoms with Crippen LogP contribution in [0.3, 0.4) is 0 Å². The van der Waals surface area contributed by atoms with Gasteiger partial charge in [-0.3, -0.25) is 4.79 Å². The van der Waals surface area contributed by atoms with Crippen molar-refractivity contribution >= 4 is 29.9 Å². The number of amides is 1. The number of benzene rings is 2. The molecule has 0 aliphatic carbocycles. The van der Waals surface area contributed by atoms with Crippen molar-refractivity contribution in [3.63, 3.8) is 0 Å². The number of rotatable bonds is 7. The van der Waals surface area contributed by atoms with Crippen molar-refractivity contribution in [3.8, 4) is 5.75 Å². The molecule has 0 fully saturated rings. The van der Waals surface area contributed by atoms with E-state index in [1.807, 2.05) is 44.2 Å². The molecular weight excluding hydrogens is 359 g/mol. The first-order chi connectivity index (χ1) is 11.5. The van der Waals surface area contributed by atoms with Crippen LogP contribution in [-0.2, 0) is 4.79 Å². The van der Waals surface area contributed by atoms with Crippen LogP contribution in [0, 0.1) is 5.92 Å². The molecule has 1 amide bonds. The van der Waals surface area contributed by atoms with Crippen molar-refractivity contribution in [2.24, 2.45) is 11.7 Å². The van der Waals surface area contributed by atoms with E-state index in [4.69, 9.17) is 22.1 Å². The lowest BCUT2D eigenvalue weighted by atomic mass is 9.94. The smallest absolute Gasteiger partial charge is 0.224 e. The van der Waals surface area contributed by atoms with Gasteiger partial charge in [0.15, 0.2) is 0 Å². The molecule has 3 unspecified atom stereocenters. The van der Waals surface area contributed by atoms with Gasteiger partial charge in [-0.1, -0.05) is 48.9 Å². The number of ether oxygens (including phenoxy) is 1. The van der Waals surface area contributed by atoms with Crippen LogP contribution < -0.4 is 15.8 Å². The van der Waals surface area contributed by atoms with E-state index < -0.39 is 0 Å². The zero-order chi connectivity index (χ0) is 17.5. The summed E-state index contributed by atoms with van der Waals surface area (Å²) < 4.78 is 5.74. The summed E-state index contributed by atoms with van der Waals surface area (Å²) in [6.45, 7) is 4.14. The number of nitrogens with two attached hydrogens (primary N) is 1. The molecule has 0 heterocycles. The second kappa shape index (κ2) is 10.3. The lowest BCUT2D eigenvalue weighted by Gasteiger charge is -2.21. The average Bonchev–Trinajstić information content (AvgIpc) is 2.61. The predicted molar refractivity (Wildman–Crippen MR) is 104 cm³/mol. The lowest BCUT2D eigenvalue weighted by Crippen LogP contribution is -2.40. The highest BCUT2D eigenvalue weighted by Crippen LogP contribution is 2.19. The van der Waals surface area contributed by atoms with E-state index in [2.05, 4.69) is 5.32 Å². The van der Waals surface area contributed by atoms with Gasteiger partial charge in [0.05, 0.1) is 12.5 Å². The standard InChI is InChI=1S/C19H23ClN2O2.ClH/c1-13(24-17-10-8-16(20)9-11-17)12-22-19(23)14(2)18(21)15-6-4-3-5-7-15;/h3-11,13-14,18H,12,21H2,1-2H3,(H,22,23);1H. The van der Waals surface area contributed by atoms with Crippen LogP contribution in [0.5, 0.6) is 5.75 Å². The minimum Gasteiger partial charge on any atom is -0.489 e. The van der Waals surface area contributed by atoms with Gasteiger partial charge in [-0.05, 0) is 36.8 Å². The molecule has 3 N–H and O–H groups in total. The minimum atomic E-state index is -0.335. The summed E-state index contributed by atoms with van der Waals surface area (Å²) in [4.78, 5) is 12.3. The average molecular weight is 383 g/mol. The van der Waals surface area contributed by atoms with Gasteiger partial charge in [0, 0.05) is 11.1 Å². The van der Waals surface area contributed by atoms with E-state index in [9.17, 15) is 4.79 Å². The summed E-state index contributed by atoms with van der Waals surface area (Å²) in [7, 11) is 0. The second-order valence-corrected chi connectivity index (χ2v) is 6.29. The maximum atomic E-state index is 12.3. The number of nitrogens with one attached hydrogen (secondary N) is 1. The first kappa shape index (κ1) is 21.3. The molecule has 0 spiro atoms. The largest absolute Gasteiger partial charge is 0.489 e. The molecule has 25 heavy (non-hydrogen) atoms. The maximum Gasteiger partial charge on any atom is 0.224 e. The molecule has 0 aliphatic heterocycles. The Kier molecular flexibility index (Phi) is 8.76. The van der Waals surface area contributed by atoms with Gasteiger partial charge >= 0.3 is 0 Å². The zero-order valence-corrected chi connectivity index (χ0v) is 15.9. The van der Waals surface area contributed by atoms with Gasteiger partial charge < -0.3 is 15.8 Å². The molecule has 0 bridgehead atoms. The molecule has 2 aromatic rings. The quantitative estimate of drug-likeness (QED) is 0.760. The molecule has 0 saturated carbocycles. The monoisotopic (exact) mass is 382 g/mol. The second-order valence-electron chi connectivity index (χ2n) is 5.85. The fourth-order valence-electron chi connectivity index (χ4n) is 2.32. The SMILES string of the molecule is CC(CNC(=O)C(C)C(N)c1ccccc1)Oc1ccc(Cl)cc1.Cl. The fourth-order valence-corrected chi connectivity index (χ4v) is 2.45. The summed E-state index contributed by atoms with van der Waals surface area (Å²) in [5.74, 6) is 0.309. The Hall–Kier alpha value is -1.75. The molecule has 0 aromatic heterocycles. The van der Waals surface area contributed by atoms with Crippen LogP contribution >= 0.6 is 24.0 Å². The van der Waals surface area contributed by atoms with Crippen LogP contribution in [0.4, 0.5) is 0 Å². The Bertz CT molecular complexity index is 650. The third-order valence-electron chi connectivity index (χ3n) is 3.85. The first-order valence-corrected chi connectivity index (χ1v) is 8.35. The fraction of sp³-hybridized carbons (Fsp3) is 0.316.